The molecule has 2 aromatic heterocycles. The van der Waals surface area contributed by atoms with Gasteiger partial charge in [-0.15, -0.1) is 0 Å². The van der Waals surface area contributed by atoms with Gasteiger partial charge in [-0.05, 0) is 24.8 Å². The summed E-state index contributed by atoms with van der Waals surface area (Å²) in [4.78, 5) is 25.4. The van der Waals surface area contributed by atoms with Gasteiger partial charge in [0.2, 0.25) is 0 Å². The molecular formula is C16H16N4O2S. The van der Waals surface area contributed by atoms with Crippen LogP contribution in [0.1, 0.15) is 24.2 Å². The molecule has 0 radical (unpaired) electrons. The molecule has 1 aromatic carbocycles. The van der Waals surface area contributed by atoms with Gasteiger partial charge in [-0.3, -0.25) is 4.57 Å². The second-order valence-corrected chi connectivity index (χ2v) is 5.88. The van der Waals surface area contributed by atoms with Crippen LogP contribution in [0.3, 0.4) is 0 Å². The number of nitrogens with zero attached hydrogens (tertiary/aromatic N) is 4. The third-order valence-electron chi connectivity index (χ3n) is 3.20. The first-order valence-corrected chi connectivity index (χ1v) is 8.32. The largest absolute Gasteiger partial charge is 0.462 e. The molecule has 0 saturated heterocycles. The predicted octanol–water partition coefficient (Wildman–Crippen LogP) is 3.10. The number of ether oxygens (including phenoxy) is 1. The lowest BCUT2D eigenvalue weighted by atomic mass is 10.3. The van der Waals surface area contributed by atoms with Crippen molar-refractivity contribution < 1.29 is 9.53 Å². The molecule has 118 valence electrons. The second-order valence-electron chi connectivity index (χ2n) is 4.65. The van der Waals surface area contributed by atoms with Gasteiger partial charge < -0.3 is 4.74 Å². The Balaban J connectivity index is 2.18. The monoisotopic (exact) mass is 328 g/mol. The average molecular weight is 328 g/mol. The van der Waals surface area contributed by atoms with Crippen LogP contribution in [0.15, 0.2) is 41.9 Å². The summed E-state index contributed by atoms with van der Waals surface area (Å²) in [6.45, 7) is 4.10. The van der Waals surface area contributed by atoms with Crippen LogP contribution in [-0.4, -0.2) is 37.8 Å². The highest BCUT2D eigenvalue weighted by Crippen LogP contribution is 2.22. The summed E-state index contributed by atoms with van der Waals surface area (Å²) >= 11 is 1.52. The normalized spacial score (nSPS) is 10.9. The molecule has 3 aromatic rings. The Morgan fingerprint density at radius 1 is 1.26 bits per heavy atom. The number of carbonyl (C=O) groups is 1. The van der Waals surface area contributed by atoms with Crippen molar-refractivity contribution in [3.05, 3.63) is 42.4 Å². The highest BCUT2D eigenvalue weighted by Gasteiger charge is 2.19. The second kappa shape index (κ2) is 6.78. The van der Waals surface area contributed by atoms with Gasteiger partial charge in [-0.25, -0.2) is 19.7 Å². The van der Waals surface area contributed by atoms with Crippen LogP contribution in [0.5, 0.6) is 0 Å². The standard InChI is InChI=1S/C16H16N4O2S/c1-3-22-15(21)11-9-17-16(23-4-2)19-14(11)20-10-18-12-7-5-6-8-13(12)20/h5-10H,3-4H2,1-2H3. The van der Waals surface area contributed by atoms with Crippen molar-refractivity contribution >= 4 is 28.8 Å². The van der Waals surface area contributed by atoms with Gasteiger partial charge in [0.15, 0.2) is 11.0 Å². The fraction of sp³-hybridized carbons (Fsp3) is 0.250. The van der Waals surface area contributed by atoms with Gasteiger partial charge in [0, 0.05) is 6.20 Å². The minimum atomic E-state index is -0.437. The Labute approximate surface area is 137 Å². The van der Waals surface area contributed by atoms with Crippen LogP contribution in [0.2, 0.25) is 0 Å². The fourth-order valence-electron chi connectivity index (χ4n) is 2.22. The number of benzene rings is 1. The van der Waals surface area contributed by atoms with Gasteiger partial charge in [-0.2, -0.15) is 0 Å². The SMILES string of the molecule is CCOC(=O)c1cnc(SCC)nc1-n1cnc2ccccc21. The van der Waals surface area contributed by atoms with E-state index >= 15 is 0 Å². The molecule has 0 aliphatic rings. The van der Waals surface area contributed by atoms with Crippen molar-refractivity contribution in [2.75, 3.05) is 12.4 Å². The lowest BCUT2D eigenvalue weighted by molar-refractivity contribution is 0.0525. The number of hydrogen-bond acceptors (Lipinski definition) is 6. The molecule has 0 saturated carbocycles. The van der Waals surface area contributed by atoms with E-state index in [-0.39, 0.29) is 0 Å². The van der Waals surface area contributed by atoms with E-state index in [2.05, 4.69) is 15.0 Å². The Morgan fingerprint density at radius 2 is 2.09 bits per heavy atom. The summed E-state index contributed by atoms with van der Waals surface area (Å²) in [5, 5.41) is 0.619. The third-order valence-corrected chi connectivity index (χ3v) is 3.94. The zero-order valence-corrected chi connectivity index (χ0v) is 13.7. The molecule has 0 bridgehead atoms. The average Bonchev–Trinajstić information content (AvgIpc) is 2.99. The summed E-state index contributed by atoms with van der Waals surface area (Å²) < 4.78 is 6.91. The molecule has 0 aliphatic heterocycles. The minimum Gasteiger partial charge on any atom is -0.462 e. The van der Waals surface area contributed by atoms with E-state index in [4.69, 9.17) is 4.74 Å². The van der Waals surface area contributed by atoms with E-state index in [1.807, 2.05) is 31.2 Å². The molecule has 0 N–H and O–H groups in total. The lowest BCUT2D eigenvalue weighted by Crippen LogP contribution is -2.12. The molecule has 0 aliphatic carbocycles. The van der Waals surface area contributed by atoms with Crippen LogP contribution >= 0.6 is 11.8 Å². The zero-order valence-electron chi connectivity index (χ0n) is 12.9. The van der Waals surface area contributed by atoms with Gasteiger partial charge in [-0.1, -0.05) is 30.8 Å². The Kier molecular flexibility index (Phi) is 4.57. The lowest BCUT2D eigenvalue weighted by Gasteiger charge is -2.10. The van der Waals surface area contributed by atoms with Crippen LogP contribution in [0.4, 0.5) is 0 Å². The van der Waals surface area contributed by atoms with Gasteiger partial charge in [0.25, 0.3) is 0 Å². The molecule has 6 nitrogen and oxygen atoms in total. The van der Waals surface area contributed by atoms with Crippen LogP contribution < -0.4 is 0 Å². The zero-order chi connectivity index (χ0) is 16.2. The van der Waals surface area contributed by atoms with Crippen molar-refractivity contribution in [1.82, 2.24) is 19.5 Å². The molecule has 3 rings (SSSR count). The maximum Gasteiger partial charge on any atom is 0.343 e. The number of para-hydroxylation sites is 2. The first-order chi connectivity index (χ1) is 11.2. The number of hydrogen-bond donors (Lipinski definition) is 0. The number of rotatable bonds is 5. The van der Waals surface area contributed by atoms with Crippen molar-refractivity contribution in [1.29, 1.82) is 0 Å². The van der Waals surface area contributed by atoms with E-state index in [1.54, 1.807) is 17.8 Å². The molecule has 0 atom stereocenters. The van der Waals surface area contributed by atoms with E-state index in [0.29, 0.717) is 23.1 Å². The number of thioether (sulfide) groups is 1. The molecule has 0 spiro atoms. The highest BCUT2D eigenvalue weighted by molar-refractivity contribution is 7.99. The smallest absolute Gasteiger partial charge is 0.343 e. The van der Waals surface area contributed by atoms with E-state index < -0.39 is 5.97 Å². The summed E-state index contributed by atoms with van der Waals surface area (Å²) in [6, 6.07) is 7.70. The molecule has 7 heteroatoms. The van der Waals surface area contributed by atoms with Crippen LogP contribution in [0.25, 0.3) is 16.9 Å². The topological polar surface area (TPSA) is 69.9 Å². The summed E-state index contributed by atoms with van der Waals surface area (Å²) in [5.74, 6) is 0.902. The van der Waals surface area contributed by atoms with Crippen molar-refractivity contribution in [2.24, 2.45) is 0 Å². The van der Waals surface area contributed by atoms with E-state index in [1.165, 1.54) is 18.0 Å². The van der Waals surface area contributed by atoms with Crippen molar-refractivity contribution in [3.63, 3.8) is 0 Å². The maximum absolute atomic E-state index is 12.2. The Hall–Kier alpha value is -2.41. The van der Waals surface area contributed by atoms with Crippen molar-refractivity contribution in [3.8, 4) is 5.82 Å². The first-order valence-electron chi connectivity index (χ1n) is 7.34. The molecule has 0 unspecified atom stereocenters. The minimum absolute atomic E-state index is 0.300. The molecule has 0 fully saturated rings. The van der Waals surface area contributed by atoms with Gasteiger partial charge in [0.1, 0.15) is 11.9 Å². The summed E-state index contributed by atoms with van der Waals surface area (Å²) in [5.41, 5.74) is 2.05. The number of fused-ring (bicyclic) bond motifs is 1. The van der Waals surface area contributed by atoms with Gasteiger partial charge in [0.05, 0.1) is 17.6 Å². The number of aromatic nitrogens is 4. The van der Waals surface area contributed by atoms with Crippen molar-refractivity contribution in [2.45, 2.75) is 19.0 Å². The fourth-order valence-corrected chi connectivity index (χ4v) is 2.76. The third kappa shape index (κ3) is 3.05. The van der Waals surface area contributed by atoms with Crippen LogP contribution in [0, 0.1) is 0 Å². The Bertz CT molecular complexity index is 847. The van der Waals surface area contributed by atoms with Crippen LogP contribution in [-0.2, 0) is 4.74 Å². The highest BCUT2D eigenvalue weighted by atomic mass is 32.2. The predicted molar refractivity (Wildman–Crippen MR) is 89.0 cm³/mol. The summed E-state index contributed by atoms with van der Waals surface area (Å²) in [6.07, 6.45) is 3.18. The van der Waals surface area contributed by atoms with E-state index in [9.17, 15) is 4.79 Å². The molecule has 2 heterocycles. The molecular weight excluding hydrogens is 312 g/mol. The maximum atomic E-state index is 12.2. The molecule has 23 heavy (non-hydrogen) atoms. The number of imidazole rings is 1. The number of carbonyl (C=O) groups excluding carboxylic acids is 1. The first kappa shape index (κ1) is 15.5. The van der Waals surface area contributed by atoms with E-state index in [0.717, 1.165) is 16.8 Å². The molecule has 0 amide bonds. The number of esters is 1. The Morgan fingerprint density at radius 3 is 2.87 bits per heavy atom. The summed E-state index contributed by atoms with van der Waals surface area (Å²) in [7, 11) is 0. The van der Waals surface area contributed by atoms with Gasteiger partial charge >= 0.3 is 5.97 Å². The quantitative estimate of drug-likeness (QED) is 0.407.